The molecule has 13 nitrogen and oxygen atoms in total. The van der Waals surface area contributed by atoms with Crippen LogP contribution >= 0.6 is 15.9 Å². The summed E-state index contributed by atoms with van der Waals surface area (Å²) in [6, 6.07) is 5.57. The maximum atomic E-state index is 14.9. The number of benzene rings is 1. The number of esters is 1. The molecule has 0 radical (unpaired) electrons. The molecule has 3 saturated heterocycles. The molecule has 1 unspecified atom stereocenters. The number of aromatic nitrogens is 3. The number of rotatable bonds is 16. The van der Waals surface area contributed by atoms with E-state index < -0.39 is 59.5 Å². The molecule has 48 heavy (non-hydrogen) atoms. The van der Waals surface area contributed by atoms with E-state index in [1.807, 2.05) is 38.1 Å². The Morgan fingerprint density at radius 3 is 2.69 bits per heavy atom. The molecule has 5 rings (SSSR count). The van der Waals surface area contributed by atoms with E-state index in [4.69, 9.17) is 9.47 Å². The van der Waals surface area contributed by atoms with Gasteiger partial charge in [0, 0.05) is 17.8 Å². The third-order valence-electron chi connectivity index (χ3n) is 9.45. The van der Waals surface area contributed by atoms with Crippen LogP contribution in [0.3, 0.4) is 0 Å². The number of amides is 3. The lowest BCUT2D eigenvalue weighted by atomic mass is 9.70. The average Bonchev–Trinajstić information content (AvgIpc) is 3.78. The highest BCUT2D eigenvalue weighted by atomic mass is 79.9. The largest absolute Gasteiger partial charge is 0.460 e. The van der Waals surface area contributed by atoms with Crippen LogP contribution in [0.25, 0.3) is 11.0 Å². The van der Waals surface area contributed by atoms with Crippen molar-refractivity contribution in [3.63, 3.8) is 0 Å². The summed E-state index contributed by atoms with van der Waals surface area (Å²) in [7, 11) is 0. The Morgan fingerprint density at radius 2 is 2.00 bits per heavy atom. The van der Waals surface area contributed by atoms with Crippen molar-refractivity contribution in [2.24, 2.45) is 17.8 Å². The quantitative estimate of drug-likeness (QED) is 0.151. The first kappa shape index (κ1) is 35.7. The number of aliphatic hydroxyl groups excluding tert-OH is 1. The molecule has 0 saturated carbocycles. The first-order valence-corrected chi connectivity index (χ1v) is 17.4. The number of hydrogen-bond donors (Lipinski definition) is 2. The van der Waals surface area contributed by atoms with Gasteiger partial charge in [-0.05, 0) is 44.2 Å². The Kier molecular flexibility index (Phi) is 11.1. The monoisotopic (exact) mass is 728 g/mol. The number of ether oxygens (including phenoxy) is 2. The minimum Gasteiger partial charge on any atom is -0.460 e. The number of para-hydroxylation sites is 1. The van der Waals surface area contributed by atoms with Crippen molar-refractivity contribution in [3.8, 4) is 0 Å². The second-order valence-corrected chi connectivity index (χ2v) is 14.5. The second kappa shape index (κ2) is 14.9. The molecule has 1 spiro atoms. The Balaban J connectivity index is 1.47. The molecule has 2 N–H and O–H groups in total. The average molecular weight is 730 g/mol. The van der Waals surface area contributed by atoms with Crippen LogP contribution in [0.5, 0.6) is 0 Å². The summed E-state index contributed by atoms with van der Waals surface area (Å²) in [6.45, 7) is 13.0. The lowest BCUT2D eigenvalue weighted by Crippen LogP contribution is -2.59. The standard InChI is InChI=1S/C34H45BrN6O7/c1-6-8-13-26(43)36-17-21(5)47-33(46)27-28-31(44)41(22(18-42)15-20(3)4)30(34(28)16-23(35)29(27)48-34)32(45)39(14-7-2)19-40-25-12-10-9-11-24(25)37-38-40/h6-7,9-12,20-23,27-30,42H,1-2,8,13-19H2,3-5H3,(H,36,43)/t21-,22+,23?,27+,28-,29+,30+,34-/m0/s1. The summed E-state index contributed by atoms with van der Waals surface area (Å²) in [5.41, 5.74) is 0.0479. The fraction of sp³-hybridized carbons (Fsp3) is 0.588. The van der Waals surface area contributed by atoms with Crippen LogP contribution < -0.4 is 5.32 Å². The maximum absolute atomic E-state index is 14.9. The van der Waals surface area contributed by atoms with Crippen molar-refractivity contribution in [3.05, 3.63) is 49.6 Å². The molecular formula is C34H45BrN6O7. The van der Waals surface area contributed by atoms with Gasteiger partial charge in [-0.3, -0.25) is 19.2 Å². The lowest BCUT2D eigenvalue weighted by Gasteiger charge is -2.39. The number of carbonyl (C=O) groups is 4. The number of likely N-dealkylation sites (tertiary alicyclic amines) is 1. The number of halogens is 1. The number of alkyl halides is 1. The van der Waals surface area contributed by atoms with Gasteiger partial charge in [0.05, 0.1) is 42.6 Å². The van der Waals surface area contributed by atoms with Crippen LogP contribution in [-0.4, -0.2) is 108 Å². The molecule has 3 fully saturated rings. The Morgan fingerprint density at radius 1 is 1.25 bits per heavy atom. The highest BCUT2D eigenvalue weighted by Gasteiger charge is 2.77. The number of hydrogen-bond acceptors (Lipinski definition) is 9. The highest BCUT2D eigenvalue weighted by Crippen LogP contribution is 2.61. The topological polar surface area (TPSA) is 156 Å². The van der Waals surface area contributed by atoms with Crippen LogP contribution in [0.2, 0.25) is 0 Å². The van der Waals surface area contributed by atoms with Gasteiger partial charge in [0.2, 0.25) is 17.7 Å². The van der Waals surface area contributed by atoms with Crippen molar-refractivity contribution < 1.29 is 33.8 Å². The Bertz CT molecular complexity index is 1550. The van der Waals surface area contributed by atoms with Crippen LogP contribution in [0.4, 0.5) is 0 Å². The maximum Gasteiger partial charge on any atom is 0.312 e. The third kappa shape index (κ3) is 6.66. The van der Waals surface area contributed by atoms with E-state index in [1.165, 1.54) is 4.90 Å². The van der Waals surface area contributed by atoms with Crippen LogP contribution in [0.1, 0.15) is 46.5 Å². The Hall–Kier alpha value is -3.62. The van der Waals surface area contributed by atoms with Crippen molar-refractivity contribution in [2.45, 2.75) is 87.8 Å². The zero-order valence-electron chi connectivity index (χ0n) is 27.7. The van der Waals surface area contributed by atoms with Gasteiger partial charge in [-0.25, -0.2) is 4.68 Å². The smallest absolute Gasteiger partial charge is 0.312 e. The second-order valence-electron chi connectivity index (χ2n) is 13.3. The molecule has 2 aromatic rings. The first-order chi connectivity index (χ1) is 23.0. The third-order valence-corrected chi connectivity index (χ3v) is 10.3. The van der Waals surface area contributed by atoms with E-state index in [0.717, 1.165) is 5.52 Å². The number of aliphatic hydroxyl groups is 1. The van der Waals surface area contributed by atoms with Gasteiger partial charge in [-0.1, -0.05) is 59.3 Å². The fourth-order valence-electron chi connectivity index (χ4n) is 7.46. The van der Waals surface area contributed by atoms with Gasteiger partial charge in [-0.2, -0.15) is 0 Å². The minimum atomic E-state index is -1.35. The van der Waals surface area contributed by atoms with Crippen molar-refractivity contribution in [1.82, 2.24) is 30.1 Å². The molecule has 3 aliphatic rings. The predicted molar refractivity (Wildman–Crippen MR) is 180 cm³/mol. The fourth-order valence-corrected chi connectivity index (χ4v) is 8.40. The number of carbonyl (C=O) groups excluding carboxylic acids is 4. The molecule has 8 atom stereocenters. The number of nitrogens with one attached hydrogen (secondary N) is 1. The first-order valence-electron chi connectivity index (χ1n) is 16.5. The molecule has 2 bridgehead atoms. The van der Waals surface area contributed by atoms with E-state index in [1.54, 1.807) is 28.7 Å². The normalized spacial score (nSPS) is 27.2. The summed E-state index contributed by atoms with van der Waals surface area (Å²) < 4.78 is 14.1. The van der Waals surface area contributed by atoms with E-state index in [2.05, 4.69) is 44.7 Å². The molecule has 3 amide bonds. The van der Waals surface area contributed by atoms with Gasteiger partial charge < -0.3 is 29.7 Å². The molecule has 1 aromatic heterocycles. The molecule has 3 aliphatic heterocycles. The number of nitrogens with zero attached hydrogens (tertiary/aromatic N) is 5. The van der Waals surface area contributed by atoms with Gasteiger partial charge in [0.1, 0.15) is 29.9 Å². The molecular weight excluding hydrogens is 684 g/mol. The van der Waals surface area contributed by atoms with E-state index in [9.17, 15) is 24.3 Å². The molecule has 14 heteroatoms. The molecule has 0 aliphatic carbocycles. The summed E-state index contributed by atoms with van der Waals surface area (Å²) >= 11 is 3.69. The van der Waals surface area contributed by atoms with E-state index in [-0.39, 0.29) is 49.4 Å². The molecule has 1 aromatic carbocycles. The zero-order chi connectivity index (χ0) is 34.7. The Labute approximate surface area is 288 Å². The molecule has 4 heterocycles. The lowest BCUT2D eigenvalue weighted by molar-refractivity contribution is -0.160. The van der Waals surface area contributed by atoms with Crippen molar-refractivity contribution in [1.29, 1.82) is 0 Å². The van der Waals surface area contributed by atoms with Crippen molar-refractivity contribution >= 4 is 50.7 Å². The number of fused-ring (bicyclic) bond motifs is 2. The van der Waals surface area contributed by atoms with Crippen molar-refractivity contribution in [2.75, 3.05) is 19.7 Å². The summed E-state index contributed by atoms with van der Waals surface area (Å²) in [5.74, 6) is -3.56. The summed E-state index contributed by atoms with van der Waals surface area (Å²) in [4.78, 5) is 58.1. The van der Waals surface area contributed by atoms with Gasteiger partial charge >= 0.3 is 5.97 Å². The van der Waals surface area contributed by atoms with Crippen LogP contribution in [0.15, 0.2) is 49.6 Å². The van der Waals surface area contributed by atoms with Gasteiger partial charge in [-0.15, -0.1) is 18.3 Å². The van der Waals surface area contributed by atoms with Gasteiger partial charge in [0.25, 0.3) is 0 Å². The summed E-state index contributed by atoms with van der Waals surface area (Å²) in [5, 5.41) is 21.9. The van der Waals surface area contributed by atoms with Gasteiger partial charge in [0.15, 0.2) is 0 Å². The predicted octanol–water partition coefficient (Wildman–Crippen LogP) is 2.57. The molecule has 260 valence electrons. The SMILES string of the molecule is C=CCCC(=O)NC[C@H](C)OC(=O)[C@H]1[C@@H]2O[C@@]3(CC2Br)[C@@H]1C(=O)N([C@@H](CO)CC(C)C)[C@@H]3C(=O)N(CC=C)Cn1nnc2ccccc21. The van der Waals surface area contributed by atoms with E-state index >= 15 is 0 Å². The van der Waals surface area contributed by atoms with Crippen LogP contribution in [0, 0.1) is 17.8 Å². The zero-order valence-corrected chi connectivity index (χ0v) is 29.3. The highest BCUT2D eigenvalue weighted by molar-refractivity contribution is 9.09. The minimum absolute atomic E-state index is 0.0291. The van der Waals surface area contributed by atoms with Crippen LogP contribution in [-0.2, 0) is 35.3 Å². The van der Waals surface area contributed by atoms with E-state index in [0.29, 0.717) is 24.8 Å². The number of allylic oxidation sites excluding steroid dienone is 1. The summed E-state index contributed by atoms with van der Waals surface area (Å²) in [6.07, 6.45) is 3.39.